The fourth-order valence-electron chi connectivity index (χ4n) is 3.12. The van der Waals surface area contributed by atoms with E-state index in [4.69, 9.17) is 4.52 Å². The van der Waals surface area contributed by atoms with Crippen molar-refractivity contribution in [3.63, 3.8) is 0 Å². The van der Waals surface area contributed by atoms with Crippen LogP contribution >= 0.6 is 0 Å². The van der Waals surface area contributed by atoms with E-state index in [1.165, 1.54) is 0 Å². The number of benzene rings is 1. The number of hydrogen-bond acceptors (Lipinski definition) is 6. The molecule has 1 aliphatic carbocycles. The summed E-state index contributed by atoms with van der Waals surface area (Å²) >= 11 is 0. The third-order valence-electron chi connectivity index (χ3n) is 4.63. The van der Waals surface area contributed by atoms with E-state index in [0.29, 0.717) is 11.4 Å². The zero-order valence-electron chi connectivity index (χ0n) is 14.2. The third kappa shape index (κ3) is 3.11. The Balaban J connectivity index is 1.36. The maximum Gasteiger partial charge on any atom is 0.290 e. The summed E-state index contributed by atoms with van der Waals surface area (Å²) in [6.07, 6.45) is 2.41. The van der Waals surface area contributed by atoms with Crippen molar-refractivity contribution in [2.24, 2.45) is 0 Å². The van der Waals surface area contributed by atoms with Crippen molar-refractivity contribution in [3.8, 4) is 11.3 Å². The monoisotopic (exact) mass is 353 g/mol. The molecule has 26 heavy (non-hydrogen) atoms. The van der Waals surface area contributed by atoms with Gasteiger partial charge in [-0.25, -0.2) is 4.68 Å². The average molecular weight is 353 g/mol. The molecule has 3 aromatic rings. The van der Waals surface area contributed by atoms with E-state index in [9.17, 15) is 9.90 Å². The molecular formula is C18H19N5O3. The maximum absolute atomic E-state index is 12.3. The SMILES string of the molecule is C[C@H](O)c1cnnn1[C@H]1C[C@@H](NC(=O)c2cc(-c3ccccc3)no2)C1. The van der Waals surface area contributed by atoms with Crippen LogP contribution < -0.4 is 5.32 Å². The van der Waals surface area contributed by atoms with Crippen molar-refractivity contribution in [2.75, 3.05) is 0 Å². The lowest BCUT2D eigenvalue weighted by Gasteiger charge is -2.36. The van der Waals surface area contributed by atoms with Gasteiger partial charge >= 0.3 is 0 Å². The predicted octanol–water partition coefficient (Wildman–Crippen LogP) is 2.12. The van der Waals surface area contributed by atoms with Gasteiger partial charge in [0.1, 0.15) is 5.69 Å². The standard InChI is InChI=1S/C18H19N5O3/c1-11(24)16-10-19-22-23(16)14-7-13(8-14)20-18(25)17-9-15(21-26-17)12-5-3-2-4-6-12/h2-6,9-11,13-14,24H,7-8H2,1H3,(H,20,25)/t11-,13-,14+/m0/s1. The van der Waals surface area contributed by atoms with Crippen LogP contribution in [0.3, 0.4) is 0 Å². The van der Waals surface area contributed by atoms with Crippen molar-refractivity contribution in [1.82, 2.24) is 25.5 Å². The normalized spacial score (nSPS) is 20.4. The fraction of sp³-hybridized carbons (Fsp3) is 0.333. The number of aliphatic hydroxyl groups is 1. The summed E-state index contributed by atoms with van der Waals surface area (Å²) in [4.78, 5) is 12.3. The number of rotatable bonds is 5. The van der Waals surface area contributed by atoms with Gasteiger partial charge in [-0.2, -0.15) is 0 Å². The van der Waals surface area contributed by atoms with Crippen LogP contribution in [-0.2, 0) is 0 Å². The van der Waals surface area contributed by atoms with Crippen molar-refractivity contribution < 1.29 is 14.4 Å². The van der Waals surface area contributed by atoms with Gasteiger partial charge in [-0.15, -0.1) is 5.10 Å². The molecule has 2 aromatic heterocycles. The van der Waals surface area contributed by atoms with E-state index < -0.39 is 6.10 Å². The molecule has 4 rings (SSSR count). The number of amides is 1. The molecule has 8 heteroatoms. The predicted molar refractivity (Wildman–Crippen MR) is 92.1 cm³/mol. The zero-order valence-corrected chi connectivity index (χ0v) is 14.2. The van der Waals surface area contributed by atoms with E-state index >= 15 is 0 Å². The van der Waals surface area contributed by atoms with Gasteiger partial charge in [0, 0.05) is 17.7 Å². The molecule has 134 valence electrons. The summed E-state index contributed by atoms with van der Waals surface area (Å²) in [6, 6.07) is 11.4. The van der Waals surface area contributed by atoms with Crippen LogP contribution in [0.2, 0.25) is 0 Å². The molecule has 0 aliphatic heterocycles. The lowest BCUT2D eigenvalue weighted by molar-refractivity contribution is 0.0842. The Kier molecular flexibility index (Phi) is 4.26. The van der Waals surface area contributed by atoms with Crippen molar-refractivity contribution >= 4 is 5.91 Å². The highest BCUT2D eigenvalue weighted by Crippen LogP contribution is 2.33. The summed E-state index contributed by atoms with van der Waals surface area (Å²) in [7, 11) is 0. The minimum Gasteiger partial charge on any atom is -0.387 e. The second-order valence-corrected chi connectivity index (χ2v) is 6.52. The van der Waals surface area contributed by atoms with Crippen LogP contribution in [0.1, 0.15) is 48.2 Å². The van der Waals surface area contributed by atoms with Gasteiger partial charge in [0.15, 0.2) is 0 Å². The quantitative estimate of drug-likeness (QED) is 0.728. The molecule has 2 heterocycles. The number of carbonyl (C=O) groups excluding carboxylic acids is 1. The van der Waals surface area contributed by atoms with Crippen LogP contribution in [0, 0.1) is 0 Å². The first-order valence-electron chi connectivity index (χ1n) is 8.53. The first-order valence-corrected chi connectivity index (χ1v) is 8.53. The van der Waals surface area contributed by atoms with Gasteiger partial charge in [0.25, 0.3) is 5.91 Å². The van der Waals surface area contributed by atoms with E-state index in [-0.39, 0.29) is 23.8 Å². The zero-order chi connectivity index (χ0) is 18.1. The smallest absolute Gasteiger partial charge is 0.290 e. The summed E-state index contributed by atoms with van der Waals surface area (Å²) in [6.45, 7) is 1.68. The number of aromatic nitrogens is 4. The first-order chi connectivity index (χ1) is 12.6. The highest BCUT2D eigenvalue weighted by Gasteiger charge is 2.34. The highest BCUT2D eigenvalue weighted by atomic mass is 16.5. The fourth-order valence-corrected chi connectivity index (χ4v) is 3.12. The molecule has 0 bridgehead atoms. The van der Waals surface area contributed by atoms with Crippen molar-refractivity contribution in [3.05, 3.63) is 54.0 Å². The Hall–Kier alpha value is -3.00. The van der Waals surface area contributed by atoms with Gasteiger partial charge in [-0.3, -0.25) is 4.79 Å². The Morgan fingerprint density at radius 1 is 1.35 bits per heavy atom. The highest BCUT2D eigenvalue weighted by molar-refractivity contribution is 5.92. The molecule has 1 fully saturated rings. The number of hydrogen-bond donors (Lipinski definition) is 2. The Morgan fingerprint density at radius 2 is 2.12 bits per heavy atom. The van der Waals surface area contributed by atoms with E-state index in [0.717, 1.165) is 18.4 Å². The topological polar surface area (TPSA) is 106 Å². The van der Waals surface area contributed by atoms with E-state index in [1.54, 1.807) is 23.9 Å². The molecule has 8 nitrogen and oxygen atoms in total. The molecule has 1 amide bonds. The van der Waals surface area contributed by atoms with E-state index in [2.05, 4.69) is 20.8 Å². The van der Waals surface area contributed by atoms with Crippen molar-refractivity contribution in [2.45, 2.75) is 38.0 Å². The Morgan fingerprint density at radius 3 is 2.85 bits per heavy atom. The molecule has 2 N–H and O–H groups in total. The number of nitrogens with zero attached hydrogens (tertiary/aromatic N) is 4. The molecule has 1 aromatic carbocycles. The number of nitrogens with one attached hydrogen (secondary N) is 1. The third-order valence-corrected chi connectivity index (χ3v) is 4.63. The molecule has 0 radical (unpaired) electrons. The van der Waals surface area contributed by atoms with Gasteiger partial charge in [0.05, 0.1) is 24.0 Å². The molecular weight excluding hydrogens is 334 g/mol. The average Bonchev–Trinajstić information content (AvgIpc) is 3.27. The second-order valence-electron chi connectivity index (χ2n) is 6.52. The van der Waals surface area contributed by atoms with Crippen LogP contribution in [0.5, 0.6) is 0 Å². The first kappa shape index (κ1) is 16.5. The van der Waals surface area contributed by atoms with E-state index in [1.807, 2.05) is 30.3 Å². The molecule has 1 saturated carbocycles. The van der Waals surface area contributed by atoms with Gasteiger partial charge in [0.2, 0.25) is 5.76 Å². The van der Waals surface area contributed by atoms with Crippen molar-refractivity contribution in [1.29, 1.82) is 0 Å². The summed E-state index contributed by atoms with van der Waals surface area (Å²) < 4.78 is 6.91. The van der Waals surface area contributed by atoms with Gasteiger partial charge in [-0.05, 0) is 19.8 Å². The van der Waals surface area contributed by atoms with Gasteiger partial charge < -0.3 is 14.9 Å². The minimum atomic E-state index is -0.621. The number of carbonyl (C=O) groups is 1. The Labute approximate surface area is 149 Å². The molecule has 0 spiro atoms. The summed E-state index contributed by atoms with van der Waals surface area (Å²) in [5.41, 5.74) is 2.21. The minimum absolute atomic E-state index is 0.0313. The van der Waals surface area contributed by atoms with Crippen LogP contribution in [0.4, 0.5) is 0 Å². The lowest BCUT2D eigenvalue weighted by atomic mass is 9.86. The van der Waals surface area contributed by atoms with Gasteiger partial charge in [-0.1, -0.05) is 40.7 Å². The van der Waals surface area contributed by atoms with Crippen LogP contribution in [0.15, 0.2) is 47.1 Å². The maximum atomic E-state index is 12.3. The molecule has 1 aliphatic rings. The molecule has 1 atom stereocenters. The van der Waals surface area contributed by atoms with Crippen LogP contribution in [0.25, 0.3) is 11.3 Å². The second kappa shape index (κ2) is 6.72. The summed E-state index contributed by atoms with van der Waals surface area (Å²) in [5, 5.41) is 24.5. The lowest BCUT2D eigenvalue weighted by Crippen LogP contribution is -2.45. The largest absolute Gasteiger partial charge is 0.387 e. The molecule has 0 unspecified atom stereocenters. The summed E-state index contributed by atoms with van der Waals surface area (Å²) in [5.74, 6) is -0.0878. The van der Waals surface area contributed by atoms with Crippen LogP contribution in [-0.4, -0.2) is 37.2 Å². The Bertz CT molecular complexity index is 896. The molecule has 0 saturated heterocycles. The number of aliphatic hydroxyl groups excluding tert-OH is 1.